The SMILES string of the molecule is O=C(CNc1ccc(F)cc1I)NCC1CC1. The smallest absolute Gasteiger partial charge is 0.239 e. The van der Waals surface area contributed by atoms with Crippen molar-refractivity contribution in [3.05, 3.63) is 27.6 Å². The summed E-state index contributed by atoms with van der Waals surface area (Å²) in [7, 11) is 0. The molecule has 2 N–H and O–H groups in total. The average Bonchev–Trinajstić information content (AvgIpc) is 3.09. The molecule has 3 nitrogen and oxygen atoms in total. The summed E-state index contributed by atoms with van der Waals surface area (Å²) in [6.45, 7) is 1.01. The molecule has 0 spiro atoms. The monoisotopic (exact) mass is 348 g/mol. The van der Waals surface area contributed by atoms with Gasteiger partial charge in [0, 0.05) is 15.8 Å². The van der Waals surface area contributed by atoms with E-state index in [9.17, 15) is 9.18 Å². The number of halogens is 2. The highest BCUT2D eigenvalue weighted by molar-refractivity contribution is 14.1. The molecular weight excluding hydrogens is 334 g/mol. The zero-order valence-electron chi connectivity index (χ0n) is 9.30. The van der Waals surface area contributed by atoms with E-state index in [-0.39, 0.29) is 18.3 Å². The summed E-state index contributed by atoms with van der Waals surface area (Å²) in [6.07, 6.45) is 2.45. The number of hydrogen-bond acceptors (Lipinski definition) is 2. The molecule has 17 heavy (non-hydrogen) atoms. The van der Waals surface area contributed by atoms with Crippen LogP contribution in [0.25, 0.3) is 0 Å². The summed E-state index contributed by atoms with van der Waals surface area (Å²) in [5, 5.41) is 5.87. The van der Waals surface area contributed by atoms with Crippen molar-refractivity contribution in [1.82, 2.24) is 5.32 Å². The van der Waals surface area contributed by atoms with E-state index >= 15 is 0 Å². The van der Waals surface area contributed by atoms with E-state index in [1.165, 1.54) is 25.0 Å². The van der Waals surface area contributed by atoms with E-state index in [4.69, 9.17) is 0 Å². The summed E-state index contributed by atoms with van der Waals surface area (Å²) < 4.78 is 13.6. The van der Waals surface area contributed by atoms with Crippen molar-refractivity contribution in [1.29, 1.82) is 0 Å². The molecule has 0 unspecified atom stereocenters. The Morgan fingerprint density at radius 2 is 2.24 bits per heavy atom. The first-order chi connectivity index (χ1) is 8.15. The summed E-state index contributed by atoms with van der Waals surface area (Å²) in [4.78, 5) is 11.5. The summed E-state index contributed by atoms with van der Waals surface area (Å²) in [6, 6.07) is 4.46. The van der Waals surface area contributed by atoms with Crippen molar-refractivity contribution in [3.63, 3.8) is 0 Å². The van der Waals surface area contributed by atoms with Crippen LogP contribution in [0, 0.1) is 15.3 Å². The zero-order valence-corrected chi connectivity index (χ0v) is 11.5. The quantitative estimate of drug-likeness (QED) is 0.803. The highest BCUT2D eigenvalue weighted by Gasteiger charge is 2.21. The summed E-state index contributed by atoms with van der Waals surface area (Å²) in [5.41, 5.74) is 0.786. The van der Waals surface area contributed by atoms with Crippen molar-refractivity contribution in [2.24, 2.45) is 5.92 Å². The van der Waals surface area contributed by atoms with Crippen LogP contribution in [0.2, 0.25) is 0 Å². The van der Waals surface area contributed by atoms with Crippen molar-refractivity contribution in [2.45, 2.75) is 12.8 Å². The second kappa shape index (κ2) is 5.66. The fourth-order valence-corrected chi connectivity index (χ4v) is 2.12. The highest BCUT2D eigenvalue weighted by Crippen LogP contribution is 2.27. The summed E-state index contributed by atoms with van der Waals surface area (Å²) >= 11 is 2.04. The second-order valence-electron chi connectivity index (χ2n) is 4.23. The van der Waals surface area contributed by atoms with Gasteiger partial charge in [-0.2, -0.15) is 0 Å². The van der Waals surface area contributed by atoms with E-state index in [1.807, 2.05) is 22.6 Å². The number of benzene rings is 1. The topological polar surface area (TPSA) is 41.1 Å². The lowest BCUT2D eigenvalue weighted by atomic mass is 10.3. The van der Waals surface area contributed by atoms with Gasteiger partial charge in [-0.3, -0.25) is 4.79 Å². The Kier molecular flexibility index (Phi) is 4.20. The minimum absolute atomic E-state index is 0.0166. The largest absolute Gasteiger partial charge is 0.375 e. The normalized spacial score (nSPS) is 14.5. The molecular formula is C12H14FIN2O. The van der Waals surface area contributed by atoms with Gasteiger partial charge in [0.2, 0.25) is 5.91 Å². The fourth-order valence-electron chi connectivity index (χ4n) is 1.45. The van der Waals surface area contributed by atoms with Gasteiger partial charge in [-0.25, -0.2) is 4.39 Å². The number of rotatable bonds is 5. The maximum absolute atomic E-state index is 12.9. The molecule has 1 aliphatic carbocycles. The van der Waals surface area contributed by atoms with Crippen LogP contribution in [0.1, 0.15) is 12.8 Å². The van der Waals surface area contributed by atoms with E-state index in [0.717, 1.165) is 15.8 Å². The first-order valence-corrected chi connectivity index (χ1v) is 6.68. The predicted molar refractivity (Wildman–Crippen MR) is 73.3 cm³/mol. The Hall–Kier alpha value is -0.850. The number of carbonyl (C=O) groups is 1. The fraction of sp³-hybridized carbons (Fsp3) is 0.417. The molecule has 0 aliphatic heterocycles. The molecule has 0 radical (unpaired) electrons. The van der Waals surface area contributed by atoms with Gasteiger partial charge in [0.15, 0.2) is 0 Å². The van der Waals surface area contributed by atoms with Gasteiger partial charge in [0.1, 0.15) is 5.82 Å². The highest BCUT2D eigenvalue weighted by atomic mass is 127. The van der Waals surface area contributed by atoms with Gasteiger partial charge < -0.3 is 10.6 Å². The lowest BCUT2D eigenvalue weighted by Crippen LogP contribution is -2.31. The standard InChI is InChI=1S/C12H14FIN2O/c13-9-3-4-11(10(14)5-9)15-7-12(17)16-6-8-1-2-8/h3-5,8,15H,1-2,6-7H2,(H,16,17). The number of anilines is 1. The third-order valence-electron chi connectivity index (χ3n) is 2.66. The molecule has 1 aromatic carbocycles. The lowest BCUT2D eigenvalue weighted by molar-refractivity contribution is -0.119. The van der Waals surface area contributed by atoms with Crippen LogP contribution in [0.4, 0.5) is 10.1 Å². The van der Waals surface area contributed by atoms with E-state index in [0.29, 0.717) is 5.92 Å². The van der Waals surface area contributed by atoms with Gasteiger partial charge in [0.05, 0.1) is 6.54 Å². The molecule has 1 saturated carbocycles. The molecule has 1 fully saturated rings. The Labute approximate surface area is 113 Å². The Morgan fingerprint density at radius 3 is 2.88 bits per heavy atom. The van der Waals surface area contributed by atoms with Crippen molar-refractivity contribution >= 4 is 34.2 Å². The van der Waals surface area contributed by atoms with Crippen LogP contribution in [0.5, 0.6) is 0 Å². The predicted octanol–water partition coefficient (Wildman–Crippen LogP) is 2.37. The third kappa shape index (κ3) is 4.14. The van der Waals surface area contributed by atoms with Gasteiger partial charge in [-0.05, 0) is 59.5 Å². The number of nitrogens with one attached hydrogen (secondary N) is 2. The van der Waals surface area contributed by atoms with E-state index in [1.54, 1.807) is 6.07 Å². The van der Waals surface area contributed by atoms with Crippen LogP contribution >= 0.6 is 22.6 Å². The molecule has 0 aromatic heterocycles. The maximum Gasteiger partial charge on any atom is 0.239 e. The van der Waals surface area contributed by atoms with Crippen LogP contribution in [-0.2, 0) is 4.79 Å². The minimum atomic E-state index is -0.266. The third-order valence-corrected chi connectivity index (χ3v) is 3.55. The van der Waals surface area contributed by atoms with Gasteiger partial charge in [-0.1, -0.05) is 0 Å². The summed E-state index contributed by atoms with van der Waals surface area (Å²) in [5.74, 6) is 0.403. The van der Waals surface area contributed by atoms with Gasteiger partial charge in [-0.15, -0.1) is 0 Å². The molecule has 5 heteroatoms. The lowest BCUT2D eigenvalue weighted by Gasteiger charge is -2.09. The maximum atomic E-state index is 12.9. The van der Waals surface area contributed by atoms with Crippen LogP contribution in [0.3, 0.4) is 0 Å². The molecule has 0 atom stereocenters. The molecule has 0 bridgehead atoms. The number of carbonyl (C=O) groups excluding carboxylic acids is 1. The van der Waals surface area contributed by atoms with Crippen LogP contribution in [0.15, 0.2) is 18.2 Å². The van der Waals surface area contributed by atoms with Crippen molar-refractivity contribution in [2.75, 3.05) is 18.4 Å². The second-order valence-corrected chi connectivity index (χ2v) is 5.39. The average molecular weight is 348 g/mol. The van der Waals surface area contributed by atoms with Crippen molar-refractivity contribution < 1.29 is 9.18 Å². The molecule has 0 saturated heterocycles. The first kappa shape index (κ1) is 12.6. The molecule has 1 amide bonds. The molecule has 1 aliphatic rings. The molecule has 0 heterocycles. The van der Waals surface area contributed by atoms with Gasteiger partial charge in [0.25, 0.3) is 0 Å². The van der Waals surface area contributed by atoms with Crippen molar-refractivity contribution in [3.8, 4) is 0 Å². The Morgan fingerprint density at radius 1 is 1.47 bits per heavy atom. The zero-order chi connectivity index (χ0) is 12.3. The van der Waals surface area contributed by atoms with Crippen LogP contribution < -0.4 is 10.6 Å². The van der Waals surface area contributed by atoms with Crippen LogP contribution in [-0.4, -0.2) is 19.0 Å². The Bertz CT molecular complexity index is 421. The molecule has 92 valence electrons. The molecule has 2 rings (SSSR count). The van der Waals surface area contributed by atoms with E-state index < -0.39 is 0 Å². The number of amides is 1. The van der Waals surface area contributed by atoms with Gasteiger partial charge >= 0.3 is 0 Å². The minimum Gasteiger partial charge on any atom is -0.375 e. The Balaban J connectivity index is 1.77. The molecule has 1 aromatic rings. The van der Waals surface area contributed by atoms with E-state index in [2.05, 4.69) is 10.6 Å². The number of hydrogen-bond donors (Lipinski definition) is 2. The first-order valence-electron chi connectivity index (χ1n) is 5.61.